The Labute approximate surface area is 170 Å². The number of rotatable bonds is 6. The molecule has 152 valence electrons. The van der Waals surface area contributed by atoms with Gasteiger partial charge in [0, 0.05) is 19.2 Å². The monoisotopic (exact) mass is 403 g/mol. The maximum atomic E-state index is 13.0. The number of nitrogens with zero attached hydrogens (tertiary/aromatic N) is 5. The van der Waals surface area contributed by atoms with Crippen molar-refractivity contribution in [1.29, 1.82) is 0 Å². The van der Waals surface area contributed by atoms with Gasteiger partial charge >= 0.3 is 0 Å². The highest BCUT2D eigenvalue weighted by Gasteiger charge is 2.22. The number of hydrogen-bond donors (Lipinski definition) is 1. The highest BCUT2D eigenvalue weighted by molar-refractivity contribution is 7.71. The van der Waals surface area contributed by atoms with E-state index in [1.807, 2.05) is 31.5 Å². The normalized spacial score (nSPS) is 15.9. The highest BCUT2D eigenvalue weighted by atomic mass is 32.1. The summed E-state index contributed by atoms with van der Waals surface area (Å²) < 4.78 is 5.40. The molecule has 8 heteroatoms. The predicted octanol–water partition coefficient (Wildman–Crippen LogP) is 4.36. The lowest BCUT2D eigenvalue weighted by molar-refractivity contribution is 0.332. The van der Waals surface area contributed by atoms with Gasteiger partial charge in [0.2, 0.25) is 5.88 Å². The van der Waals surface area contributed by atoms with E-state index in [-0.39, 0.29) is 17.0 Å². The molecule has 0 spiro atoms. The summed E-state index contributed by atoms with van der Waals surface area (Å²) in [6.07, 6.45) is 8.14. The lowest BCUT2D eigenvalue weighted by Gasteiger charge is -2.23. The van der Waals surface area contributed by atoms with Crippen molar-refractivity contribution in [1.82, 2.24) is 18.9 Å². The van der Waals surface area contributed by atoms with Crippen LogP contribution in [0.3, 0.4) is 0 Å². The molecule has 0 aliphatic heterocycles. The minimum absolute atomic E-state index is 0.105. The molecule has 0 unspecified atom stereocenters. The summed E-state index contributed by atoms with van der Waals surface area (Å²) in [7, 11) is 0. The first-order chi connectivity index (χ1) is 13.5. The molecule has 0 saturated heterocycles. The second-order valence-corrected chi connectivity index (χ2v) is 7.48. The molecule has 28 heavy (non-hydrogen) atoms. The van der Waals surface area contributed by atoms with Crippen LogP contribution in [0, 0.1) is 4.77 Å². The van der Waals surface area contributed by atoms with Gasteiger partial charge in [0.1, 0.15) is 5.56 Å². The van der Waals surface area contributed by atoms with Crippen LogP contribution in [0.1, 0.15) is 70.9 Å². The summed E-state index contributed by atoms with van der Waals surface area (Å²) >= 11 is 5.38. The van der Waals surface area contributed by atoms with Gasteiger partial charge in [-0.05, 0) is 45.3 Å². The van der Waals surface area contributed by atoms with E-state index in [9.17, 15) is 9.90 Å². The first kappa shape index (κ1) is 20.5. The van der Waals surface area contributed by atoms with Crippen LogP contribution in [0.4, 0.5) is 5.82 Å². The van der Waals surface area contributed by atoms with Gasteiger partial charge in [-0.15, -0.1) is 0 Å². The van der Waals surface area contributed by atoms with Gasteiger partial charge in [-0.25, -0.2) is 9.67 Å². The maximum absolute atomic E-state index is 13.0. The molecule has 1 aliphatic carbocycles. The number of aromatic nitrogens is 4. The Morgan fingerprint density at radius 1 is 1.21 bits per heavy atom. The van der Waals surface area contributed by atoms with Crippen molar-refractivity contribution in [2.75, 3.05) is 0 Å². The van der Waals surface area contributed by atoms with Crippen LogP contribution < -0.4 is 5.56 Å². The Morgan fingerprint density at radius 3 is 2.50 bits per heavy atom. The van der Waals surface area contributed by atoms with Crippen LogP contribution in [0.25, 0.3) is 0 Å². The van der Waals surface area contributed by atoms with Crippen molar-refractivity contribution in [3.05, 3.63) is 33.0 Å². The molecule has 7 nitrogen and oxygen atoms in total. The Hall–Kier alpha value is -2.22. The van der Waals surface area contributed by atoms with Gasteiger partial charge in [-0.3, -0.25) is 13.9 Å². The summed E-state index contributed by atoms with van der Waals surface area (Å²) in [5.74, 6) is 0.627. The third-order valence-corrected chi connectivity index (χ3v) is 5.92. The Bertz CT molecular complexity index is 979. The Kier molecular flexibility index (Phi) is 6.49. The van der Waals surface area contributed by atoms with E-state index in [2.05, 4.69) is 5.10 Å². The molecule has 1 fully saturated rings. The summed E-state index contributed by atoms with van der Waals surface area (Å²) in [5.41, 5.74) is 0.495. The molecular weight excluding hydrogens is 374 g/mol. The molecule has 2 heterocycles. The first-order valence-corrected chi connectivity index (χ1v) is 10.6. The molecule has 0 radical (unpaired) electrons. The van der Waals surface area contributed by atoms with Gasteiger partial charge in [0.25, 0.3) is 5.56 Å². The van der Waals surface area contributed by atoms with E-state index in [4.69, 9.17) is 17.2 Å². The number of aliphatic imine (C=N–C) groups is 1. The van der Waals surface area contributed by atoms with Crippen LogP contribution in [-0.2, 0) is 13.1 Å². The smallest absolute Gasteiger partial charge is 0.267 e. The summed E-state index contributed by atoms with van der Waals surface area (Å²) in [5, 5.41) is 15.3. The van der Waals surface area contributed by atoms with E-state index in [0.29, 0.717) is 36.0 Å². The molecule has 2 aromatic heterocycles. The molecule has 2 aromatic rings. The van der Waals surface area contributed by atoms with Crippen molar-refractivity contribution in [3.63, 3.8) is 0 Å². The standard InChI is InChI=1S/C20H29N5O2S/c1-4-15(17-18(26)23(5-2)20(28)24(6-3)19(17)27)22-16-12-13-21-25(16)14-10-8-7-9-11-14/h12-14,26H,4-11H2,1-3H3. The predicted molar refractivity (Wildman–Crippen MR) is 113 cm³/mol. The Balaban J connectivity index is 2.14. The number of aromatic hydroxyl groups is 1. The fourth-order valence-electron chi connectivity index (χ4n) is 3.96. The van der Waals surface area contributed by atoms with E-state index >= 15 is 0 Å². The maximum Gasteiger partial charge on any atom is 0.267 e. The summed E-state index contributed by atoms with van der Waals surface area (Å²) in [6.45, 7) is 6.63. The summed E-state index contributed by atoms with van der Waals surface area (Å²) in [6, 6.07) is 2.21. The third kappa shape index (κ3) is 3.70. The van der Waals surface area contributed by atoms with E-state index in [1.165, 1.54) is 23.8 Å². The Morgan fingerprint density at radius 2 is 1.89 bits per heavy atom. The van der Waals surface area contributed by atoms with Crippen molar-refractivity contribution in [2.24, 2.45) is 4.99 Å². The lowest BCUT2D eigenvalue weighted by Crippen LogP contribution is -2.30. The average molecular weight is 404 g/mol. The molecule has 0 amide bonds. The quantitative estimate of drug-likeness (QED) is 0.574. The molecule has 0 aromatic carbocycles. The minimum Gasteiger partial charge on any atom is -0.494 e. The van der Waals surface area contributed by atoms with E-state index in [0.717, 1.165) is 18.7 Å². The van der Waals surface area contributed by atoms with Crippen molar-refractivity contribution in [3.8, 4) is 5.88 Å². The minimum atomic E-state index is -0.293. The van der Waals surface area contributed by atoms with Gasteiger partial charge in [0.15, 0.2) is 10.6 Å². The van der Waals surface area contributed by atoms with Gasteiger partial charge in [-0.1, -0.05) is 26.2 Å². The SMILES string of the molecule is CCC(=Nc1ccnn1C1CCCCC1)c1c(O)n(CC)c(=S)n(CC)c1=O. The fraction of sp³-hybridized carbons (Fsp3) is 0.600. The zero-order chi connectivity index (χ0) is 20.3. The molecule has 0 atom stereocenters. The van der Waals surface area contributed by atoms with Gasteiger partial charge < -0.3 is 5.11 Å². The van der Waals surface area contributed by atoms with Crippen LogP contribution in [-0.4, -0.2) is 29.7 Å². The third-order valence-electron chi connectivity index (χ3n) is 5.48. The van der Waals surface area contributed by atoms with E-state index in [1.54, 1.807) is 10.8 Å². The number of hydrogen-bond acceptors (Lipinski definition) is 5. The average Bonchev–Trinajstić information content (AvgIpc) is 3.16. The van der Waals surface area contributed by atoms with Crippen LogP contribution in [0.15, 0.2) is 22.1 Å². The zero-order valence-corrected chi connectivity index (χ0v) is 17.7. The van der Waals surface area contributed by atoms with Crippen molar-refractivity contribution in [2.45, 2.75) is 78.4 Å². The highest BCUT2D eigenvalue weighted by Crippen LogP contribution is 2.31. The lowest BCUT2D eigenvalue weighted by atomic mass is 9.96. The largest absolute Gasteiger partial charge is 0.494 e. The molecule has 1 aliphatic rings. The summed E-state index contributed by atoms with van der Waals surface area (Å²) in [4.78, 5) is 17.8. The topological polar surface area (TPSA) is 77.3 Å². The van der Waals surface area contributed by atoms with Gasteiger partial charge in [0.05, 0.1) is 18.0 Å². The van der Waals surface area contributed by atoms with E-state index < -0.39 is 0 Å². The van der Waals surface area contributed by atoms with Gasteiger partial charge in [-0.2, -0.15) is 5.10 Å². The zero-order valence-electron chi connectivity index (χ0n) is 16.9. The molecule has 1 N–H and O–H groups in total. The first-order valence-electron chi connectivity index (χ1n) is 10.2. The fourth-order valence-corrected chi connectivity index (χ4v) is 4.39. The molecular formula is C20H29N5O2S. The second-order valence-electron chi connectivity index (χ2n) is 7.11. The molecule has 1 saturated carbocycles. The van der Waals surface area contributed by atoms with Crippen molar-refractivity contribution >= 4 is 23.7 Å². The van der Waals surface area contributed by atoms with Crippen molar-refractivity contribution < 1.29 is 5.11 Å². The molecule has 3 rings (SSSR count). The van der Waals surface area contributed by atoms with Crippen LogP contribution >= 0.6 is 12.2 Å². The molecule has 0 bridgehead atoms. The second kappa shape index (κ2) is 8.86. The van der Waals surface area contributed by atoms with Crippen LogP contribution in [0.2, 0.25) is 0 Å². The van der Waals surface area contributed by atoms with Crippen LogP contribution in [0.5, 0.6) is 5.88 Å².